The minimum atomic E-state index is -1.76. The van der Waals surface area contributed by atoms with Crippen molar-refractivity contribution in [3.05, 3.63) is 22.7 Å². The average molecular weight is 273 g/mol. The molecule has 1 aliphatic rings. The maximum absolute atomic E-state index is 11.7. The zero-order valence-corrected chi connectivity index (χ0v) is 10.1. The van der Waals surface area contributed by atoms with E-state index in [-0.39, 0.29) is 5.82 Å². The number of ether oxygens (including phenoxy) is 1. The Bertz CT molecular complexity index is 516. The molecule has 1 saturated heterocycles. The maximum atomic E-state index is 11.7. The molecule has 5 N–H and O–H groups in total. The second-order valence-electron chi connectivity index (χ2n) is 4.49. The largest absolute Gasteiger partial charge is 0.394 e. The van der Waals surface area contributed by atoms with Gasteiger partial charge in [-0.05, 0) is 13.0 Å². The Labute approximate surface area is 107 Å². The molecule has 0 unspecified atom stereocenters. The molecule has 9 nitrogen and oxygen atoms in total. The molecule has 0 bridgehead atoms. The summed E-state index contributed by atoms with van der Waals surface area (Å²) in [6.45, 7) is 0.801. The number of anilines is 1. The highest BCUT2D eigenvalue weighted by Crippen LogP contribution is 2.37. The predicted molar refractivity (Wildman–Crippen MR) is 61.5 cm³/mol. The number of nitrogens with one attached hydrogen (secondary N) is 1. The van der Waals surface area contributed by atoms with Gasteiger partial charge in [0.25, 0.3) is 0 Å². The van der Waals surface area contributed by atoms with Crippen LogP contribution in [0, 0.1) is 0 Å². The molecule has 1 aromatic rings. The molecule has 1 aliphatic heterocycles. The fourth-order valence-electron chi connectivity index (χ4n) is 2.04. The Morgan fingerprint density at radius 3 is 2.79 bits per heavy atom. The number of rotatable bonds is 3. The van der Waals surface area contributed by atoms with E-state index in [0.29, 0.717) is 0 Å². The normalized spacial score (nSPS) is 34.5. The van der Waals surface area contributed by atoms with Crippen LogP contribution in [-0.4, -0.2) is 54.5 Å². The quantitative estimate of drug-likeness (QED) is 0.401. The number of nitrogens with zero attached hydrogens (tertiary/aromatic N) is 2. The zero-order valence-electron chi connectivity index (χ0n) is 10.1. The van der Waals surface area contributed by atoms with Crippen LogP contribution in [0.5, 0.6) is 0 Å². The lowest BCUT2D eigenvalue weighted by atomic mass is 9.96. The summed E-state index contributed by atoms with van der Waals surface area (Å²) in [5.74, 6) is -0.0573. The third-order valence-electron chi connectivity index (χ3n) is 3.13. The third kappa shape index (κ3) is 2.22. The Morgan fingerprint density at radius 1 is 1.63 bits per heavy atom. The molecular formula is C10H15N3O6. The summed E-state index contributed by atoms with van der Waals surface area (Å²) in [6, 6.07) is 1.29. The zero-order chi connectivity index (χ0) is 14.2. The van der Waals surface area contributed by atoms with Crippen LogP contribution in [0.3, 0.4) is 0 Å². The van der Waals surface area contributed by atoms with Crippen LogP contribution in [-0.2, 0) is 4.74 Å². The van der Waals surface area contributed by atoms with Gasteiger partial charge in [-0.2, -0.15) is 4.98 Å². The lowest BCUT2D eigenvalue weighted by Gasteiger charge is -2.27. The van der Waals surface area contributed by atoms with Gasteiger partial charge < -0.3 is 20.1 Å². The van der Waals surface area contributed by atoms with Gasteiger partial charge in [-0.3, -0.25) is 15.3 Å². The van der Waals surface area contributed by atoms with E-state index >= 15 is 0 Å². The Balaban J connectivity index is 2.39. The van der Waals surface area contributed by atoms with Gasteiger partial charge in [-0.15, -0.1) is 0 Å². The van der Waals surface area contributed by atoms with E-state index in [1.807, 2.05) is 0 Å². The monoisotopic (exact) mass is 273 g/mol. The molecule has 0 aliphatic carbocycles. The van der Waals surface area contributed by atoms with Crippen molar-refractivity contribution in [2.75, 3.05) is 12.1 Å². The summed E-state index contributed by atoms with van der Waals surface area (Å²) in [5, 5.41) is 37.7. The molecule has 106 valence electrons. The van der Waals surface area contributed by atoms with Gasteiger partial charge in [0.2, 0.25) is 0 Å². The summed E-state index contributed by atoms with van der Waals surface area (Å²) >= 11 is 0. The van der Waals surface area contributed by atoms with Crippen molar-refractivity contribution in [2.45, 2.75) is 31.0 Å². The number of hydrogen-bond acceptors (Lipinski definition) is 8. The van der Waals surface area contributed by atoms with Gasteiger partial charge in [-0.1, -0.05) is 0 Å². The van der Waals surface area contributed by atoms with Gasteiger partial charge in [-0.25, -0.2) is 4.79 Å². The molecule has 2 rings (SSSR count). The molecule has 4 atom stereocenters. The van der Waals surface area contributed by atoms with Gasteiger partial charge in [0.05, 0.1) is 6.61 Å². The van der Waals surface area contributed by atoms with Crippen molar-refractivity contribution in [3.63, 3.8) is 0 Å². The van der Waals surface area contributed by atoms with E-state index in [9.17, 15) is 15.0 Å². The molecule has 1 fully saturated rings. The SMILES string of the molecule is C[C@]1(O)[C@H](O)[C@@H](CO)O[C@H]1n1ccc(NO)nc1=O. The standard InChI is InChI=1S/C10H15N3O6/c1-10(17)7(15)5(4-14)19-8(10)13-3-2-6(12-18)11-9(13)16/h2-3,5,7-8,14-15,17-18H,4H2,1H3,(H,11,12,16)/t5-,7-,8-,10+/m1/s1. The minimum absolute atomic E-state index is 0.0573. The molecule has 1 aromatic heterocycles. The van der Waals surface area contributed by atoms with E-state index in [2.05, 4.69) is 4.98 Å². The summed E-state index contributed by atoms with van der Waals surface area (Å²) in [5.41, 5.74) is -0.821. The van der Waals surface area contributed by atoms with E-state index < -0.39 is 36.3 Å². The molecular weight excluding hydrogens is 258 g/mol. The first kappa shape index (κ1) is 13.9. The van der Waals surface area contributed by atoms with Crippen LogP contribution >= 0.6 is 0 Å². The van der Waals surface area contributed by atoms with Crippen molar-refractivity contribution in [2.24, 2.45) is 0 Å². The van der Waals surface area contributed by atoms with Crippen LogP contribution in [0.25, 0.3) is 0 Å². The van der Waals surface area contributed by atoms with Crippen molar-refractivity contribution in [3.8, 4) is 0 Å². The molecule has 0 radical (unpaired) electrons. The first-order valence-electron chi connectivity index (χ1n) is 5.58. The van der Waals surface area contributed by atoms with Crippen LogP contribution in [0.2, 0.25) is 0 Å². The van der Waals surface area contributed by atoms with Crippen molar-refractivity contribution >= 4 is 5.82 Å². The first-order valence-corrected chi connectivity index (χ1v) is 5.58. The minimum Gasteiger partial charge on any atom is -0.394 e. The van der Waals surface area contributed by atoms with Crippen LogP contribution < -0.4 is 11.2 Å². The summed E-state index contributed by atoms with van der Waals surface area (Å²) in [6.07, 6.45) is -2.28. The second kappa shape index (κ2) is 4.87. The number of aromatic nitrogens is 2. The predicted octanol–water partition coefficient (Wildman–Crippen LogP) is -1.95. The van der Waals surface area contributed by atoms with Gasteiger partial charge >= 0.3 is 5.69 Å². The smallest absolute Gasteiger partial charge is 0.351 e. The fourth-order valence-corrected chi connectivity index (χ4v) is 2.04. The number of hydrogen-bond donors (Lipinski definition) is 5. The highest BCUT2D eigenvalue weighted by atomic mass is 16.6. The molecule has 19 heavy (non-hydrogen) atoms. The van der Waals surface area contributed by atoms with Crippen LogP contribution in [0.1, 0.15) is 13.2 Å². The topological polar surface area (TPSA) is 137 Å². The van der Waals surface area contributed by atoms with E-state index in [1.165, 1.54) is 19.2 Å². The third-order valence-corrected chi connectivity index (χ3v) is 3.13. The molecule has 2 heterocycles. The van der Waals surface area contributed by atoms with E-state index in [0.717, 1.165) is 4.57 Å². The summed E-state index contributed by atoms with van der Waals surface area (Å²) in [4.78, 5) is 15.2. The van der Waals surface area contributed by atoms with Gasteiger partial charge in [0, 0.05) is 6.20 Å². The summed E-state index contributed by atoms with van der Waals surface area (Å²) in [7, 11) is 0. The van der Waals surface area contributed by atoms with Crippen molar-refractivity contribution in [1.82, 2.24) is 9.55 Å². The Hall–Kier alpha value is -1.52. The average Bonchev–Trinajstić information content (AvgIpc) is 2.61. The van der Waals surface area contributed by atoms with Gasteiger partial charge in [0.1, 0.15) is 17.8 Å². The summed E-state index contributed by atoms with van der Waals surface area (Å²) < 4.78 is 6.24. The van der Waals surface area contributed by atoms with E-state index in [4.69, 9.17) is 15.1 Å². The maximum Gasteiger partial charge on any atom is 0.351 e. The molecule has 0 amide bonds. The molecule has 0 saturated carbocycles. The van der Waals surface area contributed by atoms with Crippen molar-refractivity contribution in [1.29, 1.82) is 0 Å². The van der Waals surface area contributed by atoms with E-state index in [1.54, 1.807) is 5.48 Å². The molecule has 0 aromatic carbocycles. The molecule has 0 spiro atoms. The van der Waals surface area contributed by atoms with Crippen LogP contribution in [0.15, 0.2) is 17.1 Å². The lowest BCUT2D eigenvalue weighted by Crippen LogP contribution is -2.46. The van der Waals surface area contributed by atoms with Crippen LogP contribution in [0.4, 0.5) is 5.82 Å². The highest BCUT2D eigenvalue weighted by Gasteiger charge is 2.53. The number of aliphatic hydroxyl groups is 3. The first-order chi connectivity index (χ1) is 8.91. The lowest BCUT2D eigenvalue weighted by molar-refractivity contribution is -0.0987. The Kier molecular flexibility index (Phi) is 3.56. The van der Waals surface area contributed by atoms with Crippen molar-refractivity contribution < 1.29 is 25.3 Å². The van der Waals surface area contributed by atoms with Gasteiger partial charge in [0.15, 0.2) is 12.0 Å². The fraction of sp³-hybridized carbons (Fsp3) is 0.600. The second-order valence-corrected chi connectivity index (χ2v) is 4.49. The highest BCUT2D eigenvalue weighted by molar-refractivity contribution is 5.28. The Morgan fingerprint density at radius 2 is 2.32 bits per heavy atom. The number of aliphatic hydroxyl groups excluding tert-OH is 2. The molecule has 9 heteroatoms.